The van der Waals surface area contributed by atoms with Gasteiger partial charge in [-0.15, -0.1) is 0 Å². The molecule has 1 saturated carbocycles. The maximum atomic E-state index is 3.69. The Morgan fingerprint density at radius 3 is 2.50 bits per heavy atom. The zero-order chi connectivity index (χ0) is 10.0. The summed E-state index contributed by atoms with van der Waals surface area (Å²) in [5, 5.41) is 3.69. The first-order valence-electron chi connectivity index (χ1n) is 6.43. The van der Waals surface area contributed by atoms with Crippen molar-refractivity contribution in [3.8, 4) is 0 Å². The lowest BCUT2D eigenvalue weighted by Gasteiger charge is -2.33. The minimum atomic E-state index is 0.491. The van der Waals surface area contributed by atoms with Crippen molar-refractivity contribution >= 4 is 0 Å². The van der Waals surface area contributed by atoms with Crippen molar-refractivity contribution in [3.05, 3.63) is 0 Å². The predicted molar refractivity (Wildman–Crippen MR) is 61.4 cm³/mol. The molecule has 14 heavy (non-hydrogen) atoms. The first kappa shape index (κ1) is 10.5. The van der Waals surface area contributed by atoms with Gasteiger partial charge in [-0.3, -0.25) is 0 Å². The maximum Gasteiger partial charge on any atom is 0.0156 e. The van der Waals surface area contributed by atoms with Crippen LogP contribution in [0.5, 0.6) is 0 Å². The van der Waals surface area contributed by atoms with Gasteiger partial charge in [0.15, 0.2) is 0 Å². The van der Waals surface area contributed by atoms with Crippen molar-refractivity contribution in [1.29, 1.82) is 0 Å². The third-order valence-corrected chi connectivity index (χ3v) is 4.33. The Morgan fingerprint density at radius 1 is 1.21 bits per heavy atom. The van der Waals surface area contributed by atoms with Crippen molar-refractivity contribution in [2.75, 3.05) is 6.54 Å². The van der Waals surface area contributed by atoms with Crippen LogP contribution in [0, 0.1) is 11.8 Å². The molecule has 0 spiro atoms. The molecule has 1 heterocycles. The molecule has 0 bridgehead atoms. The molecule has 0 amide bonds. The minimum Gasteiger partial charge on any atom is -0.312 e. The summed E-state index contributed by atoms with van der Waals surface area (Å²) in [4.78, 5) is 0. The third-order valence-electron chi connectivity index (χ3n) is 4.33. The summed E-state index contributed by atoms with van der Waals surface area (Å²) in [5.74, 6) is 2.01. The van der Waals surface area contributed by atoms with Crippen molar-refractivity contribution in [2.24, 2.45) is 11.8 Å². The van der Waals surface area contributed by atoms with Crippen LogP contribution in [0.2, 0.25) is 0 Å². The van der Waals surface area contributed by atoms with Gasteiger partial charge in [0.05, 0.1) is 0 Å². The molecule has 2 fully saturated rings. The van der Waals surface area contributed by atoms with Crippen molar-refractivity contribution in [3.63, 3.8) is 0 Å². The highest BCUT2D eigenvalue weighted by atomic mass is 15.0. The Bertz CT molecular complexity index is 174. The van der Waals surface area contributed by atoms with E-state index in [1.807, 2.05) is 0 Å². The van der Waals surface area contributed by atoms with Crippen LogP contribution in [-0.4, -0.2) is 12.1 Å². The molecule has 82 valence electrons. The molecule has 2 rings (SSSR count). The molecule has 1 nitrogen and oxygen atoms in total. The van der Waals surface area contributed by atoms with Crippen LogP contribution >= 0.6 is 0 Å². The molecule has 0 aromatic heterocycles. The SMILES string of the molecule is CC1CCC(CC2(C)CCCN2)CC1. The summed E-state index contributed by atoms with van der Waals surface area (Å²) in [5.41, 5.74) is 0.491. The number of rotatable bonds is 2. The van der Waals surface area contributed by atoms with E-state index in [1.54, 1.807) is 0 Å². The van der Waals surface area contributed by atoms with Crippen molar-refractivity contribution in [2.45, 2.75) is 64.3 Å². The molecule has 1 N–H and O–H groups in total. The predicted octanol–water partition coefficient (Wildman–Crippen LogP) is 3.34. The van der Waals surface area contributed by atoms with E-state index in [4.69, 9.17) is 0 Å². The number of hydrogen-bond acceptors (Lipinski definition) is 1. The molecule has 1 unspecified atom stereocenters. The van der Waals surface area contributed by atoms with E-state index < -0.39 is 0 Å². The Morgan fingerprint density at radius 2 is 1.93 bits per heavy atom. The molecule has 0 aromatic rings. The summed E-state index contributed by atoms with van der Waals surface area (Å²) in [7, 11) is 0. The fourth-order valence-corrected chi connectivity index (χ4v) is 3.30. The molecule has 1 saturated heterocycles. The largest absolute Gasteiger partial charge is 0.312 e. The highest BCUT2D eigenvalue weighted by Crippen LogP contribution is 2.36. The van der Waals surface area contributed by atoms with Gasteiger partial charge in [-0.05, 0) is 44.6 Å². The van der Waals surface area contributed by atoms with E-state index in [0.29, 0.717) is 5.54 Å². The average molecular weight is 195 g/mol. The van der Waals surface area contributed by atoms with Crippen LogP contribution in [-0.2, 0) is 0 Å². The maximum absolute atomic E-state index is 3.69. The second-order valence-electron chi connectivity index (χ2n) is 5.92. The standard InChI is InChI=1S/C13H25N/c1-11-4-6-12(7-5-11)10-13(2)8-3-9-14-13/h11-12,14H,3-10H2,1-2H3. The van der Waals surface area contributed by atoms with Crippen LogP contribution in [0.4, 0.5) is 0 Å². The lowest BCUT2D eigenvalue weighted by atomic mass is 9.76. The van der Waals surface area contributed by atoms with E-state index in [1.165, 1.54) is 51.5 Å². The van der Waals surface area contributed by atoms with Gasteiger partial charge >= 0.3 is 0 Å². The van der Waals surface area contributed by atoms with Gasteiger partial charge in [0.2, 0.25) is 0 Å². The van der Waals surface area contributed by atoms with Gasteiger partial charge in [-0.25, -0.2) is 0 Å². The first-order chi connectivity index (χ1) is 6.68. The van der Waals surface area contributed by atoms with Gasteiger partial charge in [0.25, 0.3) is 0 Å². The van der Waals surface area contributed by atoms with Crippen LogP contribution in [0.25, 0.3) is 0 Å². The lowest BCUT2D eigenvalue weighted by molar-refractivity contribution is 0.222. The van der Waals surface area contributed by atoms with E-state index in [0.717, 1.165) is 11.8 Å². The van der Waals surface area contributed by atoms with Gasteiger partial charge in [-0.1, -0.05) is 32.6 Å². The van der Waals surface area contributed by atoms with E-state index >= 15 is 0 Å². The average Bonchev–Trinajstić information content (AvgIpc) is 2.57. The number of nitrogens with one attached hydrogen (secondary N) is 1. The first-order valence-corrected chi connectivity index (χ1v) is 6.43. The summed E-state index contributed by atoms with van der Waals surface area (Å²) in [6, 6.07) is 0. The molecule has 1 heteroatoms. The molecule has 0 radical (unpaired) electrons. The van der Waals surface area contributed by atoms with E-state index in [2.05, 4.69) is 19.2 Å². The Kier molecular flexibility index (Phi) is 3.16. The number of hydrogen-bond donors (Lipinski definition) is 1. The van der Waals surface area contributed by atoms with Gasteiger partial charge in [0, 0.05) is 5.54 Å². The second kappa shape index (κ2) is 4.22. The normalized spacial score (nSPS) is 44.1. The molecule has 1 aliphatic carbocycles. The Hall–Kier alpha value is -0.0400. The highest BCUT2D eigenvalue weighted by molar-refractivity contribution is 4.91. The fourth-order valence-electron chi connectivity index (χ4n) is 3.30. The van der Waals surface area contributed by atoms with E-state index in [9.17, 15) is 0 Å². The molecule has 1 aliphatic heterocycles. The summed E-state index contributed by atoms with van der Waals surface area (Å²) < 4.78 is 0. The van der Waals surface area contributed by atoms with Crippen LogP contribution < -0.4 is 5.32 Å². The summed E-state index contributed by atoms with van der Waals surface area (Å²) >= 11 is 0. The third kappa shape index (κ3) is 2.50. The summed E-state index contributed by atoms with van der Waals surface area (Å²) in [6.45, 7) is 6.09. The smallest absolute Gasteiger partial charge is 0.0156 e. The minimum absolute atomic E-state index is 0.491. The molecule has 2 aliphatic rings. The fraction of sp³-hybridized carbons (Fsp3) is 1.00. The molecular formula is C13H25N. The van der Waals surface area contributed by atoms with Gasteiger partial charge in [-0.2, -0.15) is 0 Å². The monoisotopic (exact) mass is 195 g/mol. The highest BCUT2D eigenvalue weighted by Gasteiger charge is 2.31. The quantitative estimate of drug-likeness (QED) is 0.712. The second-order valence-corrected chi connectivity index (χ2v) is 5.92. The van der Waals surface area contributed by atoms with Gasteiger partial charge < -0.3 is 5.32 Å². The Balaban J connectivity index is 1.79. The van der Waals surface area contributed by atoms with Crippen LogP contribution in [0.3, 0.4) is 0 Å². The zero-order valence-corrected chi connectivity index (χ0v) is 9.81. The zero-order valence-electron chi connectivity index (χ0n) is 9.81. The van der Waals surface area contributed by atoms with Gasteiger partial charge in [0.1, 0.15) is 0 Å². The van der Waals surface area contributed by atoms with Crippen molar-refractivity contribution < 1.29 is 0 Å². The molecule has 1 atom stereocenters. The summed E-state index contributed by atoms with van der Waals surface area (Å²) in [6.07, 6.45) is 10.1. The van der Waals surface area contributed by atoms with Crippen LogP contribution in [0.1, 0.15) is 58.8 Å². The van der Waals surface area contributed by atoms with E-state index in [-0.39, 0.29) is 0 Å². The molecule has 0 aromatic carbocycles. The Labute approximate surface area is 88.7 Å². The molecular weight excluding hydrogens is 170 g/mol. The van der Waals surface area contributed by atoms with Crippen molar-refractivity contribution in [1.82, 2.24) is 5.32 Å². The topological polar surface area (TPSA) is 12.0 Å². The van der Waals surface area contributed by atoms with Crippen LogP contribution in [0.15, 0.2) is 0 Å². The lowest BCUT2D eigenvalue weighted by Crippen LogP contribution is -2.38.